The monoisotopic (exact) mass is 262 g/mol. The molecule has 16 heavy (non-hydrogen) atoms. The molecule has 3 nitrogen and oxygen atoms in total. The summed E-state index contributed by atoms with van der Waals surface area (Å²) in [4.78, 5) is 11.0. The fourth-order valence-corrected chi connectivity index (χ4v) is 1.81. The molecule has 0 aliphatic carbocycles. The number of rotatable bonds is 3. The molecule has 0 saturated carbocycles. The van der Waals surface area contributed by atoms with Crippen LogP contribution in [0.15, 0.2) is 18.2 Å². The molecule has 88 valence electrons. The molecule has 0 saturated heterocycles. The molecule has 1 rings (SSSR count). The minimum atomic E-state index is -1.30. The molecule has 5 heteroatoms. The molecule has 0 amide bonds. The Bertz CT molecular complexity index is 395. The summed E-state index contributed by atoms with van der Waals surface area (Å²) < 4.78 is 0. The first-order valence-electron chi connectivity index (χ1n) is 4.62. The maximum absolute atomic E-state index is 11.0. The van der Waals surface area contributed by atoms with E-state index < -0.39 is 17.5 Å². The first-order chi connectivity index (χ1) is 7.25. The maximum Gasteiger partial charge on any atom is 0.312 e. The molecule has 0 radical (unpaired) electrons. The Balaban J connectivity index is 3.14. The summed E-state index contributed by atoms with van der Waals surface area (Å²) in [6.45, 7) is 2.88. The van der Waals surface area contributed by atoms with E-state index in [2.05, 4.69) is 0 Å². The van der Waals surface area contributed by atoms with Gasteiger partial charge in [-0.3, -0.25) is 4.79 Å². The van der Waals surface area contributed by atoms with E-state index in [-0.39, 0.29) is 0 Å². The number of halogens is 2. The van der Waals surface area contributed by atoms with E-state index in [1.807, 2.05) is 0 Å². The van der Waals surface area contributed by atoms with E-state index in [1.54, 1.807) is 0 Å². The fourth-order valence-electron chi connectivity index (χ4n) is 1.27. The van der Waals surface area contributed by atoms with Gasteiger partial charge in [0.15, 0.2) is 0 Å². The van der Waals surface area contributed by atoms with Crippen LogP contribution in [-0.2, 0) is 4.79 Å². The Hall–Kier alpha value is -0.770. The number of carboxylic acid groups (broad SMARTS) is 1. The minimum Gasteiger partial charge on any atom is -0.481 e. The van der Waals surface area contributed by atoms with E-state index in [9.17, 15) is 9.90 Å². The van der Waals surface area contributed by atoms with Gasteiger partial charge in [0.2, 0.25) is 0 Å². The van der Waals surface area contributed by atoms with Gasteiger partial charge in [0.1, 0.15) is 0 Å². The van der Waals surface area contributed by atoms with E-state index >= 15 is 0 Å². The van der Waals surface area contributed by atoms with E-state index in [0.717, 1.165) is 0 Å². The highest BCUT2D eigenvalue weighted by Crippen LogP contribution is 2.35. The highest BCUT2D eigenvalue weighted by molar-refractivity contribution is 6.34. The number of carbonyl (C=O) groups is 1. The van der Waals surface area contributed by atoms with E-state index in [0.29, 0.717) is 15.6 Å². The fraction of sp³-hybridized carbons (Fsp3) is 0.364. The highest BCUT2D eigenvalue weighted by atomic mass is 35.5. The van der Waals surface area contributed by atoms with Crippen LogP contribution in [0.4, 0.5) is 0 Å². The van der Waals surface area contributed by atoms with Gasteiger partial charge in [0, 0.05) is 10.0 Å². The van der Waals surface area contributed by atoms with Gasteiger partial charge in [0.25, 0.3) is 0 Å². The molecule has 1 atom stereocenters. The summed E-state index contributed by atoms with van der Waals surface area (Å²) in [7, 11) is 0. The molecule has 0 unspecified atom stereocenters. The highest BCUT2D eigenvalue weighted by Gasteiger charge is 2.36. The van der Waals surface area contributed by atoms with Crippen LogP contribution in [0.2, 0.25) is 10.0 Å². The summed E-state index contributed by atoms with van der Waals surface area (Å²) in [5.41, 5.74) is -0.904. The van der Waals surface area contributed by atoms with Crippen molar-refractivity contribution in [3.8, 4) is 0 Å². The Morgan fingerprint density at radius 3 is 2.06 bits per heavy atom. The lowest BCUT2D eigenvalue weighted by atomic mass is 9.83. The summed E-state index contributed by atoms with van der Waals surface area (Å²) in [6, 6.07) is 4.53. The van der Waals surface area contributed by atoms with Crippen LogP contribution < -0.4 is 0 Å². The molecule has 1 aromatic carbocycles. The van der Waals surface area contributed by atoms with Crippen LogP contribution in [-0.4, -0.2) is 16.2 Å². The van der Waals surface area contributed by atoms with Crippen molar-refractivity contribution in [1.29, 1.82) is 0 Å². The summed E-state index contributed by atoms with van der Waals surface area (Å²) >= 11 is 11.6. The Labute approximate surface area is 104 Å². The van der Waals surface area contributed by atoms with Crippen LogP contribution in [0.3, 0.4) is 0 Å². The smallest absolute Gasteiger partial charge is 0.312 e. The van der Waals surface area contributed by atoms with Crippen molar-refractivity contribution in [1.82, 2.24) is 0 Å². The molecule has 0 bridgehead atoms. The first-order valence-corrected chi connectivity index (χ1v) is 5.38. The van der Waals surface area contributed by atoms with E-state index in [4.69, 9.17) is 28.3 Å². The SMILES string of the molecule is CC(C)(C(=O)O)[C@@H](O)c1cc(Cl)cc(Cl)c1. The van der Waals surface area contributed by atoms with Crippen molar-refractivity contribution >= 4 is 29.2 Å². The predicted octanol–water partition coefficient (Wildman–Crippen LogP) is 3.14. The molecule has 0 aliphatic rings. The van der Waals surface area contributed by atoms with Gasteiger partial charge in [-0.2, -0.15) is 0 Å². The second-order valence-electron chi connectivity index (χ2n) is 4.13. The van der Waals surface area contributed by atoms with Crippen LogP contribution >= 0.6 is 23.2 Å². The summed E-state index contributed by atoms with van der Waals surface area (Å²) in [5.74, 6) is -1.09. The van der Waals surface area contributed by atoms with Gasteiger partial charge < -0.3 is 10.2 Å². The van der Waals surface area contributed by atoms with Gasteiger partial charge in [0.05, 0.1) is 11.5 Å². The van der Waals surface area contributed by atoms with Gasteiger partial charge in [-0.15, -0.1) is 0 Å². The van der Waals surface area contributed by atoms with Crippen LogP contribution in [0, 0.1) is 5.41 Å². The van der Waals surface area contributed by atoms with Crippen molar-refractivity contribution in [2.45, 2.75) is 20.0 Å². The summed E-state index contributed by atoms with van der Waals surface area (Å²) in [5, 5.41) is 19.7. The number of aliphatic hydroxyl groups excluding tert-OH is 1. The molecular formula is C11H12Cl2O3. The molecule has 0 fully saturated rings. The summed E-state index contributed by atoms with van der Waals surface area (Å²) in [6.07, 6.45) is -1.17. The van der Waals surface area contributed by atoms with Crippen LogP contribution in [0.5, 0.6) is 0 Å². The number of aliphatic carboxylic acids is 1. The second kappa shape index (κ2) is 4.62. The lowest BCUT2D eigenvalue weighted by Gasteiger charge is -2.26. The zero-order chi connectivity index (χ0) is 12.5. The number of carboxylic acids is 1. The third-order valence-corrected chi connectivity index (χ3v) is 2.87. The van der Waals surface area contributed by atoms with Crippen molar-refractivity contribution in [3.05, 3.63) is 33.8 Å². The van der Waals surface area contributed by atoms with Crippen molar-refractivity contribution in [3.63, 3.8) is 0 Å². The van der Waals surface area contributed by atoms with Crippen LogP contribution in [0.25, 0.3) is 0 Å². The van der Waals surface area contributed by atoms with Crippen molar-refractivity contribution in [2.24, 2.45) is 5.41 Å². The Morgan fingerprint density at radius 2 is 1.69 bits per heavy atom. The van der Waals surface area contributed by atoms with Gasteiger partial charge >= 0.3 is 5.97 Å². The lowest BCUT2D eigenvalue weighted by Crippen LogP contribution is -2.31. The third-order valence-electron chi connectivity index (χ3n) is 2.44. The lowest BCUT2D eigenvalue weighted by molar-refractivity contribution is -0.153. The number of hydrogen-bond donors (Lipinski definition) is 2. The Morgan fingerprint density at radius 1 is 1.25 bits per heavy atom. The molecular weight excluding hydrogens is 251 g/mol. The average molecular weight is 263 g/mol. The number of benzene rings is 1. The minimum absolute atomic E-state index is 0.364. The zero-order valence-electron chi connectivity index (χ0n) is 8.87. The Kier molecular flexibility index (Phi) is 3.84. The third kappa shape index (κ3) is 2.67. The van der Waals surface area contributed by atoms with Gasteiger partial charge in [-0.25, -0.2) is 0 Å². The molecule has 0 heterocycles. The topological polar surface area (TPSA) is 57.5 Å². The van der Waals surface area contributed by atoms with Crippen LogP contribution in [0.1, 0.15) is 25.5 Å². The number of aliphatic hydroxyl groups is 1. The molecule has 0 aromatic heterocycles. The normalized spacial score (nSPS) is 13.6. The largest absolute Gasteiger partial charge is 0.481 e. The van der Waals surface area contributed by atoms with Crippen molar-refractivity contribution < 1.29 is 15.0 Å². The molecule has 0 aliphatic heterocycles. The van der Waals surface area contributed by atoms with Gasteiger partial charge in [-0.05, 0) is 37.6 Å². The molecule has 2 N–H and O–H groups in total. The number of hydrogen-bond acceptors (Lipinski definition) is 2. The predicted molar refractivity (Wildman–Crippen MR) is 62.8 cm³/mol. The molecule has 1 aromatic rings. The first kappa shape index (κ1) is 13.3. The molecule has 0 spiro atoms. The second-order valence-corrected chi connectivity index (χ2v) is 5.01. The van der Waals surface area contributed by atoms with Gasteiger partial charge in [-0.1, -0.05) is 23.2 Å². The average Bonchev–Trinajstić information content (AvgIpc) is 2.14. The van der Waals surface area contributed by atoms with E-state index in [1.165, 1.54) is 32.0 Å². The maximum atomic E-state index is 11.0. The van der Waals surface area contributed by atoms with Crippen molar-refractivity contribution in [2.75, 3.05) is 0 Å². The quantitative estimate of drug-likeness (QED) is 0.880. The zero-order valence-corrected chi connectivity index (χ0v) is 10.4. The standard InChI is InChI=1S/C11H12Cl2O3/c1-11(2,10(15)16)9(14)6-3-7(12)5-8(13)4-6/h3-5,9,14H,1-2H3,(H,15,16)/t9-/m0/s1.